The van der Waals surface area contributed by atoms with Gasteiger partial charge in [-0.25, -0.2) is 0 Å². The highest BCUT2D eigenvalue weighted by Crippen LogP contribution is 2.50. The maximum atomic E-state index is 14.1. The van der Waals surface area contributed by atoms with Crippen molar-refractivity contribution in [3.05, 3.63) is 95.7 Å². The van der Waals surface area contributed by atoms with Crippen molar-refractivity contribution in [2.24, 2.45) is 11.3 Å². The lowest BCUT2D eigenvalue weighted by Crippen LogP contribution is -2.53. The fourth-order valence-electron chi connectivity index (χ4n) is 6.59. The number of hydrogen-bond donors (Lipinski definition) is 1. The number of methoxy groups -OCH3 is 1. The van der Waals surface area contributed by atoms with Gasteiger partial charge in [0.15, 0.2) is 0 Å². The molecular formula is C35H40N2O4. The fourth-order valence-corrected chi connectivity index (χ4v) is 6.59. The van der Waals surface area contributed by atoms with Gasteiger partial charge in [0.1, 0.15) is 5.41 Å². The number of amides is 2. The van der Waals surface area contributed by atoms with Crippen molar-refractivity contribution in [2.45, 2.75) is 64.3 Å². The molecule has 41 heavy (non-hydrogen) atoms. The van der Waals surface area contributed by atoms with Gasteiger partial charge in [-0.05, 0) is 66.8 Å². The first kappa shape index (κ1) is 28.6. The molecule has 0 unspecified atom stereocenters. The van der Waals surface area contributed by atoms with E-state index in [9.17, 15) is 14.4 Å². The molecule has 2 atom stereocenters. The maximum absolute atomic E-state index is 14.1. The van der Waals surface area contributed by atoms with E-state index in [4.69, 9.17) is 4.74 Å². The minimum Gasteiger partial charge on any atom is -0.468 e. The Morgan fingerprint density at radius 2 is 1.76 bits per heavy atom. The predicted octanol–water partition coefficient (Wildman–Crippen LogP) is 6.33. The van der Waals surface area contributed by atoms with E-state index >= 15 is 0 Å². The molecule has 0 radical (unpaired) electrons. The zero-order valence-electron chi connectivity index (χ0n) is 23.9. The van der Waals surface area contributed by atoms with Crippen LogP contribution in [0.15, 0.2) is 84.6 Å². The van der Waals surface area contributed by atoms with E-state index in [1.807, 2.05) is 42.5 Å². The molecule has 1 saturated heterocycles. The lowest BCUT2D eigenvalue weighted by Gasteiger charge is -2.46. The largest absolute Gasteiger partial charge is 0.468 e. The Labute approximate surface area is 242 Å². The monoisotopic (exact) mass is 552 g/mol. The van der Waals surface area contributed by atoms with Gasteiger partial charge in [0.25, 0.3) is 0 Å². The van der Waals surface area contributed by atoms with E-state index in [1.165, 1.54) is 12.7 Å². The third kappa shape index (κ3) is 6.37. The van der Waals surface area contributed by atoms with Crippen molar-refractivity contribution in [1.82, 2.24) is 10.2 Å². The summed E-state index contributed by atoms with van der Waals surface area (Å²) < 4.78 is 5.37. The summed E-state index contributed by atoms with van der Waals surface area (Å²) in [5.74, 6) is -1.14. The number of ether oxygens (including phenoxy) is 1. The highest BCUT2D eigenvalue weighted by atomic mass is 16.5. The van der Waals surface area contributed by atoms with Gasteiger partial charge >= 0.3 is 5.97 Å². The number of carbonyl (C=O) groups is 3. The summed E-state index contributed by atoms with van der Waals surface area (Å²) in [6, 6.07) is 24.6. The van der Waals surface area contributed by atoms with Crippen LogP contribution in [0.2, 0.25) is 0 Å². The molecule has 1 heterocycles. The summed E-state index contributed by atoms with van der Waals surface area (Å²) in [4.78, 5) is 42.5. The Balaban J connectivity index is 1.34. The van der Waals surface area contributed by atoms with Gasteiger partial charge < -0.3 is 15.0 Å². The molecule has 1 fully saturated rings. The van der Waals surface area contributed by atoms with Crippen LogP contribution in [0.5, 0.6) is 0 Å². The van der Waals surface area contributed by atoms with Gasteiger partial charge in [-0.3, -0.25) is 14.4 Å². The van der Waals surface area contributed by atoms with Crippen molar-refractivity contribution >= 4 is 28.6 Å². The number of unbranched alkanes of at least 4 members (excludes halogenated alkanes) is 1. The molecule has 2 aliphatic rings. The molecular weight excluding hydrogens is 512 g/mol. The number of esters is 1. The molecule has 2 amide bonds. The van der Waals surface area contributed by atoms with Crippen LogP contribution in [0.1, 0.15) is 62.5 Å². The topological polar surface area (TPSA) is 75.7 Å². The van der Waals surface area contributed by atoms with Gasteiger partial charge in [-0.2, -0.15) is 0 Å². The quantitative estimate of drug-likeness (QED) is 0.235. The van der Waals surface area contributed by atoms with Crippen molar-refractivity contribution in [3.63, 3.8) is 0 Å². The molecule has 6 heteroatoms. The molecule has 6 nitrogen and oxygen atoms in total. The average molecular weight is 553 g/mol. The first-order valence-electron chi connectivity index (χ1n) is 14.9. The van der Waals surface area contributed by atoms with Crippen LogP contribution in [0.3, 0.4) is 0 Å². The van der Waals surface area contributed by atoms with Gasteiger partial charge in [-0.15, -0.1) is 0 Å². The van der Waals surface area contributed by atoms with Crippen LogP contribution in [-0.2, 0) is 32.1 Å². The molecule has 0 bridgehead atoms. The van der Waals surface area contributed by atoms with Crippen molar-refractivity contribution in [2.75, 3.05) is 13.7 Å². The molecule has 3 aromatic carbocycles. The van der Waals surface area contributed by atoms with Crippen LogP contribution in [-0.4, -0.2) is 36.3 Å². The minimum absolute atomic E-state index is 0.0651. The smallest absolute Gasteiger partial charge is 0.317 e. The van der Waals surface area contributed by atoms with E-state index in [-0.39, 0.29) is 24.2 Å². The normalized spacial score (nSPS) is 20.6. The highest BCUT2D eigenvalue weighted by molar-refractivity contribution is 5.93. The van der Waals surface area contributed by atoms with Crippen LogP contribution in [0.4, 0.5) is 0 Å². The zero-order chi connectivity index (χ0) is 28.7. The van der Waals surface area contributed by atoms with Crippen LogP contribution in [0, 0.1) is 11.3 Å². The number of benzene rings is 3. The Morgan fingerprint density at radius 3 is 2.59 bits per heavy atom. The molecule has 0 saturated carbocycles. The summed E-state index contributed by atoms with van der Waals surface area (Å²) in [5.41, 5.74) is 2.13. The summed E-state index contributed by atoms with van der Waals surface area (Å²) in [7, 11) is 1.42. The summed E-state index contributed by atoms with van der Waals surface area (Å²) in [5, 5.41) is 5.21. The summed E-state index contributed by atoms with van der Waals surface area (Å²) in [6.07, 6.45) is 8.49. The number of aryl methyl sites for hydroxylation is 1. The van der Waals surface area contributed by atoms with E-state index in [2.05, 4.69) is 41.7 Å². The molecule has 0 spiro atoms. The Hall–Kier alpha value is -3.93. The second kappa shape index (κ2) is 13.2. The van der Waals surface area contributed by atoms with Crippen molar-refractivity contribution < 1.29 is 19.1 Å². The fraction of sp³-hybridized carbons (Fsp3) is 0.400. The lowest BCUT2D eigenvalue weighted by molar-refractivity contribution is -0.160. The van der Waals surface area contributed by atoms with Gasteiger partial charge in [0.2, 0.25) is 11.8 Å². The number of fused-ring (bicyclic) bond motifs is 2. The molecule has 1 N–H and O–H groups in total. The van der Waals surface area contributed by atoms with Gasteiger partial charge in [0.05, 0.1) is 13.7 Å². The average Bonchev–Trinajstić information content (AvgIpc) is 3.22. The van der Waals surface area contributed by atoms with E-state index in [0.717, 1.165) is 60.6 Å². The van der Waals surface area contributed by atoms with E-state index in [1.54, 1.807) is 4.90 Å². The Morgan fingerprint density at radius 1 is 0.976 bits per heavy atom. The van der Waals surface area contributed by atoms with Crippen LogP contribution >= 0.6 is 0 Å². The zero-order valence-corrected chi connectivity index (χ0v) is 23.9. The molecule has 1 aliphatic heterocycles. The Bertz CT molecular complexity index is 1410. The van der Waals surface area contributed by atoms with E-state index in [0.29, 0.717) is 25.9 Å². The number of piperidine rings is 1. The number of rotatable bonds is 10. The van der Waals surface area contributed by atoms with Crippen molar-refractivity contribution in [1.29, 1.82) is 0 Å². The SMILES string of the molecule is COC(=O)[C@]12CCCCC=C1N(Cc1cccc3ccccc13)C(=O)[C@H](CC(=O)NCCCCc1ccccc1)C2. The first-order valence-corrected chi connectivity index (χ1v) is 14.9. The highest BCUT2D eigenvalue weighted by Gasteiger charge is 2.53. The Kier molecular flexibility index (Phi) is 9.17. The van der Waals surface area contributed by atoms with E-state index < -0.39 is 11.3 Å². The van der Waals surface area contributed by atoms with Crippen molar-refractivity contribution in [3.8, 4) is 0 Å². The number of nitrogens with one attached hydrogen (secondary N) is 1. The molecule has 3 aromatic rings. The van der Waals surface area contributed by atoms with Gasteiger partial charge in [0, 0.05) is 24.6 Å². The molecule has 1 aliphatic carbocycles. The second-order valence-corrected chi connectivity index (χ2v) is 11.4. The van der Waals surface area contributed by atoms with Crippen LogP contribution < -0.4 is 5.32 Å². The molecule has 0 aromatic heterocycles. The first-order chi connectivity index (χ1) is 20.0. The van der Waals surface area contributed by atoms with Crippen LogP contribution in [0.25, 0.3) is 10.8 Å². The summed E-state index contributed by atoms with van der Waals surface area (Å²) in [6.45, 7) is 0.919. The molecule has 5 rings (SSSR count). The van der Waals surface area contributed by atoms with Gasteiger partial charge in [-0.1, -0.05) is 85.3 Å². The number of nitrogens with zero attached hydrogens (tertiary/aromatic N) is 1. The number of allylic oxidation sites excluding steroid dienone is 1. The molecule has 214 valence electrons. The number of carbonyl (C=O) groups excluding carboxylic acids is 3. The third-order valence-electron chi connectivity index (χ3n) is 8.66. The maximum Gasteiger partial charge on any atom is 0.317 e. The standard InChI is InChI=1S/C35H40N2O4/c1-41-34(40)35-21-10-3-6-20-31(35)37(25-28-18-12-17-27-16-7-8-19-30(27)28)33(39)29(24-35)23-32(38)36-22-11-9-15-26-13-4-2-5-14-26/h2,4-5,7-8,12-14,16-20,29H,3,6,9-11,15,21-25H2,1H3,(H,36,38)/t29-,35+/m1/s1. The summed E-state index contributed by atoms with van der Waals surface area (Å²) >= 11 is 0. The third-order valence-corrected chi connectivity index (χ3v) is 8.66. The minimum atomic E-state index is -0.926. The lowest BCUT2D eigenvalue weighted by atomic mass is 9.69. The number of likely N-dealkylation sites (tertiary alicyclic amines) is 1. The number of hydrogen-bond acceptors (Lipinski definition) is 4. The second-order valence-electron chi connectivity index (χ2n) is 11.4. The predicted molar refractivity (Wildman–Crippen MR) is 161 cm³/mol.